The monoisotopic (exact) mass is 414 g/mol. The summed E-state index contributed by atoms with van der Waals surface area (Å²) in [6, 6.07) is 11.1. The first-order chi connectivity index (χ1) is 14.5. The minimum Gasteiger partial charge on any atom is -0.494 e. The van der Waals surface area contributed by atoms with Crippen LogP contribution in [0.25, 0.3) is 0 Å². The molecule has 1 heterocycles. The van der Waals surface area contributed by atoms with Gasteiger partial charge in [0.2, 0.25) is 0 Å². The standard InChI is InChI=1S/C23H27FN2O4/c1-3-29-22-9-4-18(17(2)27)14-19(22)15-25-10-12-26(13-11-25)23(28)16-30-21-7-5-20(24)6-8-21/h4-9,14H,3,10-13,15-16H2,1-2H3. The summed E-state index contributed by atoms with van der Waals surface area (Å²) in [5, 5.41) is 0. The van der Waals surface area contributed by atoms with Crippen LogP contribution in [0.1, 0.15) is 29.8 Å². The van der Waals surface area contributed by atoms with Crippen LogP contribution in [0, 0.1) is 5.82 Å². The molecule has 160 valence electrons. The Balaban J connectivity index is 1.52. The van der Waals surface area contributed by atoms with E-state index in [9.17, 15) is 14.0 Å². The van der Waals surface area contributed by atoms with Gasteiger partial charge in [-0.2, -0.15) is 0 Å². The summed E-state index contributed by atoms with van der Waals surface area (Å²) < 4.78 is 24.1. The lowest BCUT2D eigenvalue weighted by atomic mass is 10.1. The van der Waals surface area contributed by atoms with Gasteiger partial charge in [0.1, 0.15) is 17.3 Å². The number of amides is 1. The van der Waals surface area contributed by atoms with E-state index in [1.165, 1.54) is 24.3 Å². The van der Waals surface area contributed by atoms with Gasteiger partial charge in [-0.3, -0.25) is 14.5 Å². The van der Waals surface area contributed by atoms with Crippen LogP contribution in [-0.4, -0.2) is 60.9 Å². The average Bonchev–Trinajstić information content (AvgIpc) is 2.75. The van der Waals surface area contributed by atoms with Crippen molar-refractivity contribution in [3.8, 4) is 11.5 Å². The molecular weight excluding hydrogens is 387 g/mol. The van der Waals surface area contributed by atoms with Crippen molar-refractivity contribution in [1.82, 2.24) is 9.80 Å². The fourth-order valence-corrected chi connectivity index (χ4v) is 3.38. The Hall–Kier alpha value is -2.93. The van der Waals surface area contributed by atoms with E-state index >= 15 is 0 Å². The summed E-state index contributed by atoms with van der Waals surface area (Å²) in [7, 11) is 0. The molecule has 0 bridgehead atoms. The smallest absolute Gasteiger partial charge is 0.260 e. The molecule has 0 radical (unpaired) electrons. The highest BCUT2D eigenvalue weighted by molar-refractivity contribution is 5.94. The van der Waals surface area contributed by atoms with Crippen molar-refractivity contribution in [2.75, 3.05) is 39.4 Å². The molecule has 0 aromatic heterocycles. The molecule has 0 atom stereocenters. The molecule has 1 saturated heterocycles. The number of nitrogens with zero attached hydrogens (tertiary/aromatic N) is 2. The van der Waals surface area contributed by atoms with E-state index in [1.54, 1.807) is 17.9 Å². The van der Waals surface area contributed by atoms with Crippen LogP contribution in [-0.2, 0) is 11.3 Å². The van der Waals surface area contributed by atoms with Crippen molar-refractivity contribution in [2.45, 2.75) is 20.4 Å². The predicted molar refractivity (Wildman–Crippen MR) is 111 cm³/mol. The highest BCUT2D eigenvalue weighted by atomic mass is 19.1. The molecule has 1 aliphatic heterocycles. The van der Waals surface area contributed by atoms with Crippen molar-refractivity contribution in [3.05, 3.63) is 59.4 Å². The molecule has 2 aromatic carbocycles. The number of ketones is 1. The molecule has 0 unspecified atom stereocenters. The number of halogens is 1. The van der Waals surface area contributed by atoms with Gasteiger partial charge in [-0.25, -0.2) is 4.39 Å². The number of hydrogen-bond acceptors (Lipinski definition) is 5. The second kappa shape index (κ2) is 10.2. The van der Waals surface area contributed by atoms with Gasteiger partial charge < -0.3 is 14.4 Å². The molecule has 0 saturated carbocycles. The Kier molecular flexibility index (Phi) is 7.41. The summed E-state index contributed by atoms with van der Waals surface area (Å²) in [6.07, 6.45) is 0. The Labute approximate surface area is 176 Å². The quantitative estimate of drug-likeness (QED) is 0.621. The van der Waals surface area contributed by atoms with Crippen molar-refractivity contribution in [3.63, 3.8) is 0 Å². The van der Waals surface area contributed by atoms with Crippen molar-refractivity contribution in [2.24, 2.45) is 0 Å². The van der Waals surface area contributed by atoms with E-state index in [4.69, 9.17) is 9.47 Å². The molecule has 1 aliphatic rings. The first-order valence-corrected chi connectivity index (χ1v) is 10.1. The van der Waals surface area contributed by atoms with E-state index in [0.717, 1.165) is 24.4 Å². The summed E-state index contributed by atoms with van der Waals surface area (Å²) >= 11 is 0. The van der Waals surface area contributed by atoms with E-state index in [1.807, 2.05) is 19.1 Å². The maximum absolute atomic E-state index is 12.9. The van der Waals surface area contributed by atoms with Crippen LogP contribution in [0.5, 0.6) is 11.5 Å². The minimum atomic E-state index is -0.342. The normalized spacial score (nSPS) is 14.4. The van der Waals surface area contributed by atoms with Gasteiger partial charge in [0, 0.05) is 43.9 Å². The van der Waals surface area contributed by atoms with Gasteiger partial charge in [-0.15, -0.1) is 0 Å². The van der Waals surface area contributed by atoms with E-state index in [2.05, 4.69) is 4.90 Å². The van der Waals surface area contributed by atoms with Crippen molar-refractivity contribution < 1.29 is 23.5 Å². The van der Waals surface area contributed by atoms with Gasteiger partial charge >= 0.3 is 0 Å². The topological polar surface area (TPSA) is 59.1 Å². The Morgan fingerprint density at radius 3 is 2.33 bits per heavy atom. The van der Waals surface area contributed by atoms with Crippen LogP contribution < -0.4 is 9.47 Å². The lowest BCUT2D eigenvalue weighted by Gasteiger charge is -2.35. The molecule has 6 nitrogen and oxygen atoms in total. The van der Waals surface area contributed by atoms with Gasteiger partial charge in [-0.1, -0.05) is 0 Å². The van der Waals surface area contributed by atoms with Crippen LogP contribution in [0.4, 0.5) is 4.39 Å². The molecule has 1 amide bonds. The zero-order valence-corrected chi connectivity index (χ0v) is 17.4. The summed E-state index contributed by atoms with van der Waals surface area (Å²) in [6.45, 7) is 7.27. The maximum atomic E-state index is 12.9. The number of piperazine rings is 1. The number of hydrogen-bond donors (Lipinski definition) is 0. The third-order valence-electron chi connectivity index (χ3n) is 5.06. The highest BCUT2D eigenvalue weighted by Gasteiger charge is 2.22. The Bertz CT molecular complexity index is 877. The highest BCUT2D eigenvalue weighted by Crippen LogP contribution is 2.23. The number of rotatable bonds is 8. The third kappa shape index (κ3) is 5.79. The van der Waals surface area contributed by atoms with E-state index in [0.29, 0.717) is 37.6 Å². The lowest BCUT2D eigenvalue weighted by molar-refractivity contribution is -0.135. The van der Waals surface area contributed by atoms with E-state index in [-0.39, 0.29) is 24.1 Å². The number of Topliss-reactive ketones (excluding diaryl/α,β-unsaturated/α-hetero) is 1. The van der Waals surface area contributed by atoms with Gasteiger partial charge in [0.25, 0.3) is 5.91 Å². The Morgan fingerprint density at radius 2 is 1.70 bits per heavy atom. The van der Waals surface area contributed by atoms with Crippen LogP contribution >= 0.6 is 0 Å². The summed E-state index contributed by atoms with van der Waals surface area (Å²) in [5.41, 5.74) is 1.64. The lowest BCUT2D eigenvalue weighted by Crippen LogP contribution is -2.49. The van der Waals surface area contributed by atoms with Gasteiger partial charge in [0.15, 0.2) is 12.4 Å². The number of ether oxygens (including phenoxy) is 2. The molecule has 0 N–H and O–H groups in total. The maximum Gasteiger partial charge on any atom is 0.260 e. The first kappa shape index (κ1) is 21.8. The molecule has 0 aliphatic carbocycles. The molecule has 3 rings (SSSR count). The van der Waals surface area contributed by atoms with Gasteiger partial charge in [-0.05, 0) is 56.3 Å². The molecule has 7 heteroatoms. The van der Waals surface area contributed by atoms with Crippen LogP contribution in [0.2, 0.25) is 0 Å². The van der Waals surface area contributed by atoms with Crippen molar-refractivity contribution in [1.29, 1.82) is 0 Å². The average molecular weight is 414 g/mol. The largest absolute Gasteiger partial charge is 0.494 e. The minimum absolute atomic E-state index is 0.0240. The molecule has 30 heavy (non-hydrogen) atoms. The van der Waals surface area contributed by atoms with Crippen molar-refractivity contribution >= 4 is 11.7 Å². The first-order valence-electron chi connectivity index (χ1n) is 10.1. The SMILES string of the molecule is CCOc1ccc(C(C)=O)cc1CN1CCN(C(=O)COc2ccc(F)cc2)CC1. The zero-order valence-electron chi connectivity index (χ0n) is 17.4. The summed E-state index contributed by atoms with van der Waals surface area (Å²) in [5.74, 6) is 0.848. The second-order valence-electron chi connectivity index (χ2n) is 7.21. The molecule has 2 aromatic rings. The predicted octanol–water partition coefficient (Wildman–Crippen LogP) is 3.15. The van der Waals surface area contributed by atoms with Gasteiger partial charge in [0.05, 0.1) is 6.61 Å². The fourth-order valence-electron chi connectivity index (χ4n) is 3.38. The number of benzene rings is 2. The number of carbonyl (C=O) groups is 2. The fraction of sp³-hybridized carbons (Fsp3) is 0.391. The van der Waals surface area contributed by atoms with Crippen LogP contribution in [0.15, 0.2) is 42.5 Å². The molecule has 0 spiro atoms. The van der Waals surface area contributed by atoms with Crippen LogP contribution in [0.3, 0.4) is 0 Å². The summed E-state index contributed by atoms with van der Waals surface area (Å²) in [4.78, 5) is 28.2. The second-order valence-corrected chi connectivity index (χ2v) is 7.21. The molecular formula is C23H27FN2O4. The van der Waals surface area contributed by atoms with E-state index < -0.39 is 0 Å². The number of carbonyl (C=O) groups excluding carboxylic acids is 2. The molecule has 1 fully saturated rings. The third-order valence-corrected chi connectivity index (χ3v) is 5.06. The Morgan fingerprint density at radius 1 is 1.00 bits per heavy atom. The zero-order chi connectivity index (χ0) is 21.5.